The molecule has 33 heavy (non-hydrogen) atoms. The first-order chi connectivity index (χ1) is 15.8. The van der Waals surface area contributed by atoms with Gasteiger partial charge in [-0.3, -0.25) is 15.5 Å². The van der Waals surface area contributed by atoms with E-state index < -0.39 is 12.0 Å². The Labute approximate surface area is 197 Å². The first-order valence-corrected chi connectivity index (χ1v) is 11.6. The van der Waals surface area contributed by atoms with Crippen molar-refractivity contribution in [1.82, 2.24) is 14.8 Å². The Kier molecular flexibility index (Phi) is 6.33. The minimum absolute atomic E-state index is 0.150. The van der Waals surface area contributed by atoms with Crippen LogP contribution in [0, 0.1) is 12.3 Å². The fourth-order valence-electron chi connectivity index (χ4n) is 3.04. The summed E-state index contributed by atoms with van der Waals surface area (Å²) in [6.45, 7) is 3.79. The number of carbonyl (C=O) groups is 2. The van der Waals surface area contributed by atoms with Crippen LogP contribution in [0.1, 0.15) is 27.3 Å². The Hall–Kier alpha value is -3.83. The van der Waals surface area contributed by atoms with Gasteiger partial charge in [-0.25, -0.2) is 14.5 Å². The van der Waals surface area contributed by atoms with Crippen LogP contribution in [0.5, 0.6) is 5.88 Å². The second kappa shape index (κ2) is 9.35. The quantitative estimate of drug-likeness (QED) is 0.381. The standard InChI is InChI=1S/C22H20N6O3S2/c1-3-17-27-28(21(24)33-17)16-9-7-15(8-10-16)26-22(30)31-20-18(32-12(2)25-20)13-5-4-6-14(11-13)19(23)29/h4-11,24H,3H2,1-2H3,(H2,23,29)(H,26,30). The predicted molar refractivity (Wildman–Crippen MR) is 127 cm³/mol. The third-order valence-corrected chi connectivity index (χ3v) is 6.55. The van der Waals surface area contributed by atoms with Crippen molar-refractivity contribution in [2.75, 3.05) is 5.32 Å². The van der Waals surface area contributed by atoms with Crippen molar-refractivity contribution in [2.45, 2.75) is 20.3 Å². The Morgan fingerprint density at radius 2 is 1.94 bits per heavy atom. The maximum absolute atomic E-state index is 12.5. The molecule has 2 amide bonds. The van der Waals surface area contributed by atoms with Gasteiger partial charge in [0.15, 0.2) is 0 Å². The van der Waals surface area contributed by atoms with Gasteiger partial charge < -0.3 is 10.5 Å². The maximum Gasteiger partial charge on any atom is 0.418 e. The van der Waals surface area contributed by atoms with Crippen LogP contribution in [0.4, 0.5) is 10.5 Å². The molecule has 0 aliphatic heterocycles. The molecule has 4 rings (SSSR count). The number of rotatable bonds is 6. The Bertz CT molecular complexity index is 1390. The molecule has 0 aliphatic rings. The zero-order valence-corrected chi connectivity index (χ0v) is 19.4. The third-order valence-electron chi connectivity index (χ3n) is 4.58. The van der Waals surface area contributed by atoms with Crippen molar-refractivity contribution >= 4 is 40.4 Å². The summed E-state index contributed by atoms with van der Waals surface area (Å²) < 4.78 is 7.02. The van der Waals surface area contributed by atoms with Crippen LogP contribution in [-0.2, 0) is 6.42 Å². The van der Waals surface area contributed by atoms with Gasteiger partial charge >= 0.3 is 6.09 Å². The molecule has 4 aromatic rings. The summed E-state index contributed by atoms with van der Waals surface area (Å²) in [7, 11) is 0. The molecule has 2 aromatic heterocycles. The average molecular weight is 481 g/mol. The normalized spacial score (nSPS) is 10.7. The predicted octanol–water partition coefficient (Wildman–Crippen LogP) is 4.12. The van der Waals surface area contributed by atoms with E-state index in [-0.39, 0.29) is 5.88 Å². The molecule has 0 atom stereocenters. The lowest BCUT2D eigenvalue weighted by Gasteiger charge is -2.08. The molecular weight excluding hydrogens is 460 g/mol. The molecule has 0 unspecified atom stereocenters. The number of nitrogens with one attached hydrogen (secondary N) is 2. The number of hydrogen-bond acceptors (Lipinski definition) is 8. The molecule has 0 saturated carbocycles. The minimum Gasteiger partial charge on any atom is -0.389 e. The lowest BCUT2D eigenvalue weighted by Crippen LogP contribution is -2.17. The number of hydrogen-bond donors (Lipinski definition) is 3. The number of benzene rings is 2. The molecule has 0 aliphatic carbocycles. The van der Waals surface area contributed by atoms with Gasteiger partial charge in [-0.1, -0.05) is 30.4 Å². The molecule has 11 heteroatoms. The third kappa shape index (κ3) is 4.99. The van der Waals surface area contributed by atoms with E-state index in [0.29, 0.717) is 31.5 Å². The first kappa shape index (κ1) is 22.4. The number of nitrogens with zero attached hydrogens (tertiary/aromatic N) is 3. The van der Waals surface area contributed by atoms with Crippen LogP contribution < -0.4 is 20.6 Å². The summed E-state index contributed by atoms with van der Waals surface area (Å²) in [6, 6.07) is 13.7. The van der Waals surface area contributed by atoms with E-state index in [1.54, 1.807) is 60.1 Å². The number of carbonyl (C=O) groups excluding carboxylic acids is 2. The highest BCUT2D eigenvalue weighted by atomic mass is 32.1. The van der Waals surface area contributed by atoms with Gasteiger partial charge in [-0.05, 0) is 55.3 Å². The average Bonchev–Trinajstić information content (AvgIpc) is 3.36. The van der Waals surface area contributed by atoms with E-state index in [9.17, 15) is 9.59 Å². The van der Waals surface area contributed by atoms with Gasteiger partial charge in [0.1, 0.15) is 5.01 Å². The van der Waals surface area contributed by atoms with E-state index in [1.165, 1.54) is 22.7 Å². The highest BCUT2D eigenvalue weighted by molar-refractivity contribution is 7.15. The summed E-state index contributed by atoms with van der Waals surface area (Å²) in [6.07, 6.45) is 0.0658. The van der Waals surface area contributed by atoms with Crippen LogP contribution in [0.3, 0.4) is 0 Å². The van der Waals surface area contributed by atoms with E-state index in [2.05, 4.69) is 15.4 Å². The molecule has 0 bridgehead atoms. The summed E-state index contributed by atoms with van der Waals surface area (Å²) in [5.74, 6) is -0.391. The molecule has 9 nitrogen and oxygen atoms in total. The lowest BCUT2D eigenvalue weighted by molar-refractivity contribution is 0.1000. The maximum atomic E-state index is 12.5. The van der Waals surface area contributed by atoms with Crippen LogP contribution in [0.15, 0.2) is 48.5 Å². The second-order valence-corrected chi connectivity index (χ2v) is 9.21. The van der Waals surface area contributed by atoms with Gasteiger partial charge in [0, 0.05) is 11.3 Å². The summed E-state index contributed by atoms with van der Waals surface area (Å²) in [5, 5.41) is 16.7. The zero-order valence-electron chi connectivity index (χ0n) is 17.8. The Balaban J connectivity index is 1.50. The number of amides is 2. The minimum atomic E-state index is -0.698. The highest BCUT2D eigenvalue weighted by Gasteiger charge is 2.17. The van der Waals surface area contributed by atoms with E-state index in [4.69, 9.17) is 15.9 Å². The Morgan fingerprint density at radius 3 is 2.61 bits per heavy atom. The second-order valence-electron chi connectivity index (χ2n) is 6.94. The monoisotopic (exact) mass is 480 g/mol. The number of aromatic nitrogens is 3. The van der Waals surface area contributed by atoms with Crippen molar-refractivity contribution in [2.24, 2.45) is 5.73 Å². The van der Waals surface area contributed by atoms with Crippen LogP contribution in [0.25, 0.3) is 16.1 Å². The summed E-state index contributed by atoms with van der Waals surface area (Å²) in [4.78, 5) is 29.3. The molecule has 4 N–H and O–H groups in total. The van der Waals surface area contributed by atoms with E-state index >= 15 is 0 Å². The van der Waals surface area contributed by atoms with Crippen molar-refractivity contribution in [1.29, 1.82) is 5.41 Å². The molecule has 2 aromatic carbocycles. The van der Waals surface area contributed by atoms with Crippen molar-refractivity contribution < 1.29 is 14.3 Å². The van der Waals surface area contributed by atoms with Gasteiger partial charge in [0.05, 0.1) is 15.6 Å². The largest absolute Gasteiger partial charge is 0.418 e. The highest BCUT2D eigenvalue weighted by Crippen LogP contribution is 2.36. The van der Waals surface area contributed by atoms with Gasteiger partial charge in [-0.2, -0.15) is 5.10 Å². The van der Waals surface area contributed by atoms with Crippen LogP contribution in [-0.4, -0.2) is 26.8 Å². The summed E-state index contributed by atoms with van der Waals surface area (Å²) in [5.41, 5.74) is 7.65. The number of nitrogens with two attached hydrogens (primary N) is 1. The lowest BCUT2D eigenvalue weighted by atomic mass is 10.1. The Morgan fingerprint density at radius 1 is 1.18 bits per heavy atom. The number of anilines is 1. The van der Waals surface area contributed by atoms with Crippen LogP contribution in [0.2, 0.25) is 0 Å². The zero-order chi connectivity index (χ0) is 23.5. The van der Waals surface area contributed by atoms with Crippen LogP contribution >= 0.6 is 22.7 Å². The van der Waals surface area contributed by atoms with Crippen molar-refractivity contribution in [3.05, 3.63) is 68.9 Å². The molecule has 168 valence electrons. The van der Waals surface area contributed by atoms with Gasteiger partial charge in [0.25, 0.3) is 0 Å². The first-order valence-electron chi connectivity index (χ1n) is 9.94. The van der Waals surface area contributed by atoms with Crippen molar-refractivity contribution in [3.8, 4) is 22.0 Å². The van der Waals surface area contributed by atoms with Gasteiger partial charge in [-0.15, -0.1) is 11.3 Å². The number of aryl methyl sites for hydroxylation is 2. The fraction of sp³-hybridized carbons (Fsp3) is 0.136. The number of primary amides is 1. The molecule has 0 saturated heterocycles. The van der Waals surface area contributed by atoms with Crippen molar-refractivity contribution in [3.63, 3.8) is 0 Å². The fourth-order valence-corrected chi connectivity index (χ4v) is 4.61. The number of thiazole rings is 1. The molecule has 0 fully saturated rings. The molecule has 2 heterocycles. The topological polar surface area (TPSA) is 136 Å². The van der Waals surface area contributed by atoms with Gasteiger partial charge in [0.2, 0.25) is 16.6 Å². The smallest absolute Gasteiger partial charge is 0.389 e. The molecular formula is C22H20N6O3S2. The van der Waals surface area contributed by atoms with E-state index in [0.717, 1.165) is 17.1 Å². The SMILES string of the molecule is CCc1nn(-c2ccc(NC(=O)Oc3nc(C)sc3-c3cccc(C(N)=O)c3)cc2)c(=N)s1. The molecule has 0 spiro atoms. The van der Waals surface area contributed by atoms with E-state index in [1.807, 2.05) is 6.92 Å². The molecule has 0 radical (unpaired) electrons. The number of ether oxygens (including phenoxy) is 1. The summed E-state index contributed by atoms with van der Waals surface area (Å²) >= 11 is 2.67.